The third-order valence-corrected chi connectivity index (χ3v) is 5.04. The van der Waals surface area contributed by atoms with Crippen molar-refractivity contribution in [3.63, 3.8) is 0 Å². The van der Waals surface area contributed by atoms with E-state index in [2.05, 4.69) is 5.32 Å². The molecule has 0 saturated heterocycles. The number of amides is 1. The van der Waals surface area contributed by atoms with Gasteiger partial charge in [0.05, 0.1) is 12.1 Å². The second-order valence-corrected chi connectivity index (χ2v) is 6.70. The van der Waals surface area contributed by atoms with Gasteiger partial charge in [0.25, 0.3) is 0 Å². The Labute approximate surface area is 136 Å². The van der Waals surface area contributed by atoms with Gasteiger partial charge in [0, 0.05) is 16.3 Å². The summed E-state index contributed by atoms with van der Waals surface area (Å²) in [7, 11) is 0. The molecule has 21 heavy (non-hydrogen) atoms. The highest BCUT2D eigenvalue weighted by atomic mass is 35.5. The van der Waals surface area contributed by atoms with Gasteiger partial charge in [-0.2, -0.15) is 0 Å². The number of carbonyl (C=O) groups excluding carboxylic acids is 1. The average molecular weight is 330 g/mol. The molecule has 0 spiro atoms. The van der Waals surface area contributed by atoms with Gasteiger partial charge in [-0.15, -0.1) is 11.8 Å². The zero-order valence-electron chi connectivity index (χ0n) is 12.7. The quantitative estimate of drug-likeness (QED) is 0.534. The summed E-state index contributed by atoms with van der Waals surface area (Å²) in [5.74, 6) is 0.906. The lowest BCUT2D eigenvalue weighted by molar-refractivity contribution is -0.123. The van der Waals surface area contributed by atoms with Gasteiger partial charge in [-0.25, -0.2) is 0 Å². The van der Waals surface area contributed by atoms with E-state index in [0.29, 0.717) is 6.42 Å². The Morgan fingerprint density at radius 3 is 2.43 bits per heavy atom. The van der Waals surface area contributed by atoms with Crippen LogP contribution in [0.4, 0.5) is 0 Å². The Bertz CT molecular complexity index is 424. The molecule has 5 heteroatoms. The molecular weight excluding hydrogens is 306 g/mol. The van der Waals surface area contributed by atoms with Crippen LogP contribution in [0.3, 0.4) is 0 Å². The zero-order chi connectivity index (χ0) is 15.7. The van der Waals surface area contributed by atoms with E-state index in [4.69, 9.17) is 11.6 Å². The first-order chi connectivity index (χ1) is 10.0. The Morgan fingerprint density at radius 2 is 1.90 bits per heavy atom. The Hall–Kier alpha value is -0.710. The van der Waals surface area contributed by atoms with Gasteiger partial charge >= 0.3 is 0 Å². The first-order valence-corrected chi connectivity index (χ1v) is 8.72. The van der Waals surface area contributed by atoms with Crippen molar-refractivity contribution in [2.75, 3.05) is 12.4 Å². The lowest BCUT2D eigenvalue weighted by Crippen LogP contribution is -2.50. The summed E-state index contributed by atoms with van der Waals surface area (Å²) < 4.78 is 0. The number of benzene rings is 1. The minimum Gasteiger partial charge on any atom is -0.394 e. The van der Waals surface area contributed by atoms with Gasteiger partial charge in [-0.05, 0) is 49.3 Å². The normalized spacial score (nSPS) is 11.4. The SMILES string of the molecule is CCC(CC)(CO)NC(=O)CCCSc1ccc(Cl)cc1. The standard InChI is InChI=1S/C16H24ClNO2S/c1-3-16(4-2,12-19)18-15(20)6-5-11-21-14-9-7-13(17)8-10-14/h7-10,19H,3-6,11-12H2,1-2H3,(H,18,20). The fourth-order valence-corrected chi connectivity index (χ4v) is 2.98. The first-order valence-electron chi connectivity index (χ1n) is 7.35. The molecule has 0 heterocycles. The second-order valence-electron chi connectivity index (χ2n) is 5.10. The summed E-state index contributed by atoms with van der Waals surface area (Å²) in [6, 6.07) is 7.71. The van der Waals surface area contributed by atoms with Crippen LogP contribution in [0, 0.1) is 0 Å². The van der Waals surface area contributed by atoms with E-state index in [9.17, 15) is 9.90 Å². The van der Waals surface area contributed by atoms with E-state index < -0.39 is 5.54 Å². The van der Waals surface area contributed by atoms with Crippen molar-refractivity contribution in [3.8, 4) is 0 Å². The van der Waals surface area contributed by atoms with E-state index in [1.54, 1.807) is 11.8 Å². The molecule has 0 radical (unpaired) electrons. The number of hydrogen-bond donors (Lipinski definition) is 2. The molecule has 0 bridgehead atoms. The Kier molecular flexibility index (Phi) is 8.15. The molecule has 1 amide bonds. The molecule has 0 atom stereocenters. The monoisotopic (exact) mass is 329 g/mol. The molecule has 1 aromatic rings. The van der Waals surface area contributed by atoms with Crippen LogP contribution < -0.4 is 5.32 Å². The summed E-state index contributed by atoms with van der Waals surface area (Å²) in [6.07, 6.45) is 2.78. The molecule has 1 aromatic carbocycles. The highest BCUT2D eigenvalue weighted by Crippen LogP contribution is 2.21. The van der Waals surface area contributed by atoms with E-state index in [1.807, 2.05) is 38.1 Å². The predicted octanol–water partition coefficient (Wildman–Crippen LogP) is 3.88. The molecule has 0 aliphatic heterocycles. The zero-order valence-corrected chi connectivity index (χ0v) is 14.3. The number of thioether (sulfide) groups is 1. The molecule has 0 fully saturated rings. The Balaban J connectivity index is 2.28. The molecule has 3 nitrogen and oxygen atoms in total. The molecule has 0 aromatic heterocycles. The average Bonchev–Trinajstić information content (AvgIpc) is 2.51. The Morgan fingerprint density at radius 1 is 1.29 bits per heavy atom. The van der Waals surface area contributed by atoms with Crippen LogP contribution in [-0.4, -0.2) is 28.9 Å². The third kappa shape index (κ3) is 6.29. The van der Waals surface area contributed by atoms with Gasteiger partial charge in [-0.3, -0.25) is 4.79 Å². The molecule has 0 saturated carbocycles. The fourth-order valence-electron chi connectivity index (χ4n) is 2.00. The lowest BCUT2D eigenvalue weighted by Gasteiger charge is -2.30. The first kappa shape index (κ1) is 18.3. The molecule has 2 N–H and O–H groups in total. The predicted molar refractivity (Wildman–Crippen MR) is 90.0 cm³/mol. The van der Waals surface area contributed by atoms with E-state index in [-0.39, 0.29) is 12.5 Å². The second kappa shape index (κ2) is 9.34. The highest BCUT2D eigenvalue weighted by molar-refractivity contribution is 7.99. The van der Waals surface area contributed by atoms with Crippen molar-refractivity contribution in [1.82, 2.24) is 5.32 Å². The lowest BCUT2D eigenvalue weighted by atomic mass is 9.93. The summed E-state index contributed by atoms with van der Waals surface area (Å²) in [4.78, 5) is 13.1. The summed E-state index contributed by atoms with van der Waals surface area (Å²) >= 11 is 7.55. The number of carbonyl (C=O) groups is 1. The minimum absolute atomic E-state index is 0.00867. The van der Waals surface area contributed by atoms with Crippen LogP contribution in [0.2, 0.25) is 5.02 Å². The molecule has 1 rings (SSSR count). The van der Waals surface area contributed by atoms with E-state index in [1.165, 1.54) is 0 Å². The minimum atomic E-state index is -0.458. The number of nitrogens with one attached hydrogen (secondary N) is 1. The van der Waals surface area contributed by atoms with Crippen LogP contribution in [0.5, 0.6) is 0 Å². The van der Waals surface area contributed by atoms with E-state index >= 15 is 0 Å². The van der Waals surface area contributed by atoms with Crippen LogP contribution in [0.15, 0.2) is 29.2 Å². The van der Waals surface area contributed by atoms with Crippen molar-refractivity contribution in [2.45, 2.75) is 50.0 Å². The topological polar surface area (TPSA) is 49.3 Å². The van der Waals surface area contributed by atoms with Crippen LogP contribution in [0.25, 0.3) is 0 Å². The van der Waals surface area contributed by atoms with Gasteiger partial charge in [0.15, 0.2) is 0 Å². The summed E-state index contributed by atoms with van der Waals surface area (Å²) in [5.41, 5.74) is -0.458. The maximum Gasteiger partial charge on any atom is 0.220 e. The van der Waals surface area contributed by atoms with Gasteiger partial charge in [-0.1, -0.05) is 25.4 Å². The molecule has 0 aliphatic carbocycles. The van der Waals surface area contributed by atoms with Crippen molar-refractivity contribution in [3.05, 3.63) is 29.3 Å². The third-order valence-electron chi connectivity index (χ3n) is 3.69. The van der Waals surface area contributed by atoms with Crippen molar-refractivity contribution in [1.29, 1.82) is 0 Å². The molecular formula is C16H24ClNO2S. The smallest absolute Gasteiger partial charge is 0.220 e. The van der Waals surface area contributed by atoms with Crippen LogP contribution >= 0.6 is 23.4 Å². The maximum absolute atomic E-state index is 11.9. The number of aliphatic hydroxyl groups excluding tert-OH is 1. The van der Waals surface area contributed by atoms with Crippen LogP contribution in [0.1, 0.15) is 39.5 Å². The molecule has 0 aliphatic rings. The summed E-state index contributed by atoms with van der Waals surface area (Å²) in [5, 5.41) is 13.1. The molecule has 118 valence electrons. The highest BCUT2D eigenvalue weighted by Gasteiger charge is 2.26. The van der Waals surface area contributed by atoms with Crippen LogP contribution in [-0.2, 0) is 4.79 Å². The van der Waals surface area contributed by atoms with Gasteiger partial charge < -0.3 is 10.4 Å². The molecule has 0 unspecified atom stereocenters. The maximum atomic E-state index is 11.9. The number of rotatable bonds is 9. The van der Waals surface area contributed by atoms with E-state index in [0.717, 1.165) is 34.9 Å². The van der Waals surface area contributed by atoms with Crippen molar-refractivity contribution < 1.29 is 9.90 Å². The van der Waals surface area contributed by atoms with Gasteiger partial charge in [0.1, 0.15) is 0 Å². The summed E-state index contributed by atoms with van der Waals surface area (Å²) in [6.45, 7) is 3.96. The van der Waals surface area contributed by atoms with Crippen molar-refractivity contribution >= 4 is 29.3 Å². The number of aliphatic hydroxyl groups is 1. The number of halogens is 1. The fraction of sp³-hybridized carbons (Fsp3) is 0.562. The number of hydrogen-bond acceptors (Lipinski definition) is 3. The van der Waals surface area contributed by atoms with Gasteiger partial charge in [0.2, 0.25) is 5.91 Å². The van der Waals surface area contributed by atoms with Crippen molar-refractivity contribution in [2.24, 2.45) is 0 Å². The largest absolute Gasteiger partial charge is 0.394 e.